The van der Waals surface area contributed by atoms with Gasteiger partial charge in [0, 0.05) is 6.54 Å². The van der Waals surface area contributed by atoms with Crippen molar-refractivity contribution in [3.63, 3.8) is 0 Å². The molecule has 0 aromatic heterocycles. The first-order valence-electron chi connectivity index (χ1n) is 1.61. The molecule has 3 nitrogen and oxygen atoms in total. The van der Waals surface area contributed by atoms with E-state index in [0.717, 1.165) is 0 Å². The molecule has 1 atom stereocenters. The van der Waals surface area contributed by atoms with Crippen molar-refractivity contribution >= 4 is 40.8 Å². The van der Waals surface area contributed by atoms with Gasteiger partial charge in [0.1, 0.15) is 0 Å². The van der Waals surface area contributed by atoms with Crippen LogP contribution in [0.4, 0.5) is 0 Å². The molecule has 5 heteroatoms. The van der Waals surface area contributed by atoms with E-state index in [1.54, 1.807) is 6.92 Å². The van der Waals surface area contributed by atoms with Crippen LogP contribution in [0.1, 0.15) is 6.92 Å². The van der Waals surface area contributed by atoms with Crippen LogP contribution in [0.2, 0.25) is 0 Å². The van der Waals surface area contributed by atoms with E-state index in [0.29, 0.717) is 6.54 Å². The fourth-order valence-corrected chi connectivity index (χ4v) is 0.370. The van der Waals surface area contributed by atoms with Gasteiger partial charge in [-0.25, -0.2) is 8.93 Å². The molecule has 0 heterocycles. The standard InChI is InChI=1S/C2H7NO2S.Na.H/c1-2-3-6(4)5;;/h3H,2H2,1H3,(H,4,5);;. The summed E-state index contributed by atoms with van der Waals surface area (Å²) >= 11 is -1.82. The second-order valence-corrected chi connectivity index (χ2v) is 1.53. The Morgan fingerprint density at radius 1 is 1.86 bits per heavy atom. The zero-order valence-corrected chi connectivity index (χ0v) is 4.29. The van der Waals surface area contributed by atoms with Gasteiger partial charge >= 0.3 is 29.6 Å². The predicted molar refractivity (Wildman–Crippen MR) is 31.6 cm³/mol. The SMILES string of the molecule is CCNS(=O)O.[NaH]. The average Bonchev–Trinajstić information content (AvgIpc) is 1.35. The van der Waals surface area contributed by atoms with E-state index in [9.17, 15) is 4.21 Å². The summed E-state index contributed by atoms with van der Waals surface area (Å²) in [6, 6.07) is 0. The van der Waals surface area contributed by atoms with Gasteiger partial charge in [-0.15, -0.1) is 0 Å². The van der Waals surface area contributed by atoms with E-state index in [1.807, 2.05) is 0 Å². The van der Waals surface area contributed by atoms with Crippen LogP contribution < -0.4 is 4.72 Å². The van der Waals surface area contributed by atoms with Crippen molar-refractivity contribution in [1.29, 1.82) is 0 Å². The van der Waals surface area contributed by atoms with E-state index in [4.69, 9.17) is 4.55 Å². The second kappa shape index (κ2) is 7.07. The van der Waals surface area contributed by atoms with Crippen LogP contribution >= 0.6 is 0 Å². The van der Waals surface area contributed by atoms with Gasteiger partial charge < -0.3 is 0 Å². The number of hydrogen-bond donors (Lipinski definition) is 2. The first-order chi connectivity index (χ1) is 2.77. The van der Waals surface area contributed by atoms with Crippen molar-refractivity contribution in [1.82, 2.24) is 4.72 Å². The van der Waals surface area contributed by atoms with Crippen molar-refractivity contribution in [3.8, 4) is 0 Å². The summed E-state index contributed by atoms with van der Waals surface area (Å²) in [5, 5.41) is 0. The van der Waals surface area contributed by atoms with Crippen LogP contribution in [-0.4, -0.2) is 44.9 Å². The van der Waals surface area contributed by atoms with Crippen LogP contribution in [0.25, 0.3) is 0 Å². The first kappa shape index (κ1) is 10.9. The number of hydrogen-bond acceptors (Lipinski definition) is 1. The van der Waals surface area contributed by atoms with Crippen molar-refractivity contribution in [2.75, 3.05) is 6.54 Å². The minimum atomic E-state index is -1.82. The van der Waals surface area contributed by atoms with Gasteiger partial charge in [-0.05, 0) is 0 Å². The Kier molecular flexibility index (Phi) is 11.1. The average molecular weight is 133 g/mol. The summed E-state index contributed by atoms with van der Waals surface area (Å²) in [4.78, 5) is 0. The summed E-state index contributed by atoms with van der Waals surface area (Å²) in [5.41, 5.74) is 0. The Hall–Kier alpha value is 1.07. The molecule has 1 unspecified atom stereocenters. The molecule has 0 rings (SSSR count). The molecule has 0 amide bonds. The van der Waals surface area contributed by atoms with Gasteiger partial charge in [0.15, 0.2) is 0 Å². The third kappa shape index (κ3) is 11.0. The van der Waals surface area contributed by atoms with Gasteiger partial charge in [0.25, 0.3) is 0 Å². The first-order valence-corrected chi connectivity index (χ1v) is 2.72. The number of rotatable bonds is 2. The normalized spacial score (nSPS) is 12.3. The van der Waals surface area contributed by atoms with Crippen LogP contribution in [-0.2, 0) is 11.3 Å². The monoisotopic (exact) mass is 133 g/mol. The molecule has 40 valence electrons. The van der Waals surface area contributed by atoms with Gasteiger partial charge in [0.2, 0.25) is 11.3 Å². The molecule has 0 saturated carbocycles. The summed E-state index contributed by atoms with van der Waals surface area (Å²) in [6.45, 7) is 2.29. The fraction of sp³-hybridized carbons (Fsp3) is 1.00. The molecule has 0 radical (unpaired) electrons. The Morgan fingerprint density at radius 2 is 2.29 bits per heavy atom. The maximum atomic E-state index is 9.60. The van der Waals surface area contributed by atoms with E-state index in [1.165, 1.54) is 0 Å². The van der Waals surface area contributed by atoms with Crippen LogP contribution in [0.15, 0.2) is 0 Å². The summed E-state index contributed by atoms with van der Waals surface area (Å²) in [5.74, 6) is 0. The Morgan fingerprint density at radius 3 is 2.29 bits per heavy atom. The van der Waals surface area contributed by atoms with E-state index in [-0.39, 0.29) is 29.6 Å². The van der Waals surface area contributed by atoms with E-state index >= 15 is 0 Å². The van der Waals surface area contributed by atoms with Gasteiger partial charge in [0.05, 0.1) is 0 Å². The molecule has 7 heavy (non-hydrogen) atoms. The molecule has 0 aliphatic heterocycles. The van der Waals surface area contributed by atoms with Crippen LogP contribution in [0, 0.1) is 0 Å². The quantitative estimate of drug-likeness (QED) is 0.378. The molecule has 0 aliphatic carbocycles. The molecule has 0 aromatic rings. The molecule has 0 fully saturated rings. The predicted octanol–water partition coefficient (Wildman–Crippen LogP) is -0.916. The minimum absolute atomic E-state index is 0. The van der Waals surface area contributed by atoms with Crippen molar-refractivity contribution < 1.29 is 8.76 Å². The second-order valence-electron chi connectivity index (χ2n) is 0.747. The molecule has 0 aliphatic rings. The number of nitrogens with one attached hydrogen (secondary N) is 1. The van der Waals surface area contributed by atoms with Crippen molar-refractivity contribution in [3.05, 3.63) is 0 Å². The molecular weight excluding hydrogens is 125 g/mol. The molecular formula is C2H8NNaO2S. The Balaban J connectivity index is 0. The van der Waals surface area contributed by atoms with E-state index in [2.05, 4.69) is 4.72 Å². The zero-order valence-electron chi connectivity index (χ0n) is 3.47. The molecule has 0 bridgehead atoms. The fourth-order valence-electron chi connectivity index (χ4n) is 0.123. The van der Waals surface area contributed by atoms with Crippen LogP contribution in [0.3, 0.4) is 0 Å². The maximum absolute atomic E-state index is 9.60. The Labute approximate surface area is 67.6 Å². The third-order valence-electron chi connectivity index (χ3n) is 0.268. The summed E-state index contributed by atoms with van der Waals surface area (Å²) in [6.07, 6.45) is 0. The summed E-state index contributed by atoms with van der Waals surface area (Å²) < 4.78 is 19.7. The van der Waals surface area contributed by atoms with E-state index < -0.39 is 11.3 Å². The molecule has 0 aromatic carbocycles. The van der Waals surface area contributed by atoms with Gasteiger partial charge in [-0.2, -0.15) is 0 Å². The molecule has 2 N–H and O–H groups in total. The zero-order chi connectivity index (χ0) is 4.99. The summed E-state index contributed by atoms with van der Waals surface area (Å²) in [7, 11) is 0. The molecule has 0 spiro atoms. The van der Waals surface area contributed by atoms with Gasteiger partial charge in [-0.3, -0.25) is 4.55 Å². The van der Waals surface area contributed by atoms with Crippen molar-refractivity contribution in [2.24, 2.45) is 0 Å². The third-order valence-corrected chi connectivity index (χ3v) is 0.803. The topological polar surface area (TPSA) is 49.3 Å². The molecule has 0 saturated heterocycles. The van der Waals surface area contributed by atoms with Crippen LogP contribution in [0.5, 0.6) is 0 Å². The van der Waals surface area contributed by atoms with Gasteiger partial charge in [-0.1, -0.05) is 6.92 Å². The van der Waals surface area contributed by atoms with Crippen molar-refractivity contribution in [2.45, 2.75) is 6.92 Å². The Bertz CT molecular complexity index is 59.7.